The average molecular weight is 320 g/mol. The van der Waals surface area contributed by atoms with E-state index in [0.29, 0.717) is 5.39 Å². The lowest BCUT2D eigenvalue weighted by Gasteiger charge is -1.97. The fourth-order valence-corrected chi connectivity index (χ4v) is 2.72. The Morgan fingerprint density at radius 1 is 1.43 bits per heavy atom. The minimum absolute atomic E-state index is 0.159. The van der Waals surface area contributed by atoms with Gasteiger partial charge in [0.25, 0.3) is 5.69 Å². The van der Waals surface area contributed by atoms with Crippen molar-refractivity contribution in [1.82, 2.24) is 3.97 Å². The number of non-ortho nitro benzene ring substituents is 1. The van der Waals surface area contributed by atoms with E-state index in [1.807, 2.05) is 16.2 Å². The summed E-state index contributed by atoms with van der Waals surface area (Å²) in [5.41, 5.74) is 1.03. The van der Waals surface area contributed by atoms with Gasteiger partial charge in [-0.05, 0) is 12.1 Å². The summed E-state index contributed by atoms with van der Waals surface area (Å²) in [5.74, 6) is 0. The van der Waals surface area contributed by atoms with Crippen LogP contribution in [-0.2, 0) is 0 Å². The number of hydrogen-bond acceptors (Lipinski definition) is 3. The van der Waals surface area contributed by atoms with Crippen molar-refractivity contribution < 1.29 is 4.92 Å². The first-order valence-electron chi connectivity index (χ1n) is 3.77. The van der Waals surface area contributed by atoms with E-state index in [4.69, 9.17) is 0 Å². The summed E-state index contributed by atoms with van der Waals surface area (Å²) >= 11 is 2.14. The number of nitro groups is 1. The molecule has 1 aromatic carbocycles. The van der Waals surface area contributed by atoms with Crippen molar-refractivity contribution >= 4 is 46.9 Å². The third kappa shape index (κ3) is 1.48. The number of aromatic nitrogens is 1. The van der Waals surface area contributed by atoms with Crippen molar-refractivity contribution in [3.8, 4) is 0 Å². The zero-order valence-corrected chi connectivity index (χ0v) is 9.86. The molecule has 0 atom stereocenters. The SMILES string of the molecule is O=[N+]([O-])c1cccc2c1ccn2SI. The monoisotopic (exact) mass is 320 g/mol. The number of hydrogen-bond donors (Lipinski definition) is 0. The van der Waals surface area contributed by atoms with Crippen molar-refractivity contribution in [3.05, 3.63) is 40.6 Å². The second-order valence-electron chi connectivity index (χ2n) is 2.68. The Morgan fingerprint density at radius 2 is 2.21 bits per heavy atom. The van der Waals surface area contributed by atoms with Gasteiger partial charge in [0.2, 0.25) is 0 Å². The molecule has 0 aliphatic heterocycles. The van der Waals surface area contributed by atoms with E-state index >= 15 is 0 Å². The molecule has 1 heterocycles. The first-order valence-corrected chi connectivity index (χ1v) is 7.09. The first kappa shape index (κ1) is 9.78. The lowest BCUT2D eigenvalue weighted by atomic mass is 10.2. The molecule has 0 N–H and O–H groups in total. The molecule has 1 aromatic heterocycles. The standard InChI is InChI=1S/C8H5IN2O2S/c9-14-10-5-4-6-7(10)2-1-3-8(6)11(12)13/h1-5H. The third-order valence-electron chi connectivity index (χ3n) is 1.95. The van der Waals surface area contributed by atoms with Gasteiger partial charge in [-0.3, -0.25) is 14.1 Å². The van der Waals surface area contributed by atoms with Crippen LogP contribution in [0.4, 0.5) is 5.69 Å². The van der Waals surface area contributed by atoms with E-state index in [1.165, 1.54) is 15.2 Å². The quantitative estimate of drug-likeness (QED) is 0.484. The van der Waals surface area contributed by atoms with Gasteiger partial charge >= 0.3 is 0 Å². The molecule has 72 valence electrons. The normalized spacial score (nSPS) is 10.6. The van der Waals surface area contributed by atoms with E-state index in [9.17, 15) is 10.1 Å². The van der Waals surface area contributed by atoms with Crippen molar-refractivity contribution in [3.63, 3.8) is 0 Å². The Kier molecular flexibility index (Phi) is 2.64. The summed E-state index contributed by atoms with van der Waals surface area (Å²) in [7, 11) is 1.49. The third-order valence-corrected chi connectivity index (χ3v) is 3.69. The fourth-order valence-electron chi connectivity index (χ4n) is 1.35. The van der Waals surface area contributed by atoms with E-state index in [2.05, 4.69) is 21.2 Å². The van der Waals surface area contributed by atoms with Crippen LogP contribution in [0.1, 0.15) is 0 Å². The first-order chi connectivity index (χ1) is 6.74. The van der Waals surface area contributed by atoms with Crippen molar-refractivity contribution in [2.24, 2.45) is 0 Å². The topological polar surface area (TPSA) is 48.1 Å². The van der Waals surface area contributed by atoms with Gasteiger partial charge in [-0.25, -0.2) is 0 Å². The predicted molar refractivity (Wildman–Crippen MR) is 65.6 cm³/mol. The number of nitro benzene ring substituents is 1. The van der Waals surface area contributed by atoms with Gasteiger partial charge in [0, 0.05) is 42.6 Å². The van der Waals surface area contributed by atoms with Crippen LogP contribution >= 0.6 is 30.3 Å². The van der Waals surface area contributed by atoms with Crippen LogP contribution in [0.25, 0.3) is 10.9 Å². The molecule has 0 saturated heterocycles. The molecule has 0 radical (unpaired) electrons. The molecular formula is C8H5IN2O2S. The average Bonchev–Trinajstić information content (AvgIpc) is 2.59. The molecule has 14 heavy (non-hydrogen) atoms. The van der Waals surface area contributed by atoms with Crippen LogP contribution in [0, 0.1) is 10.1 Å². The highest BCUT2D eigenvalue weighted by atomic mass is 127. The molecule has 0 aliphatic carbocycles. The van der Waals surface area contributed by atoms with E-state index in [-0.39, 0.29) is 10.6 Å². The summed E-state index contributed by atoms with van der Waals surface area (Å²) in [6.07, 6.45) is 1.83. The second kappa shape index (κ2) is 3.77. The number of benzene rings is 1. The van der Waals surface area contributed by atoms with Crippen molar-refractivity contribution in [2.75, 3.05) is 0 Å². The van der Waals surface area contributed by atoms with Gasteiger partial charge in [-0.2, -0.15) is 0 Å². The van der Waals surface area contributed by atoms with Crippen LogP contribution in [0.2, 0.25) is 0 Å². The highest BCUT2D eigenvalue weighted by Gasteiger charge is 2.13. The molecule has 0 bridgehead atoms. The number of rotatable bonds is 2. The van der Waals surface area contributed by atoms with Gasteiger partial charge < -0.3 is 0 Å². The second-order valence-corrected chi connectivity index (χ2v) is 4.39. The molecule has 0 fully saturated rings. The Bertz CT molecular complexity index is 497. The molecule has 0 aliphatic rings. The fraction of sp³-hybridized carbons (Fsp3) is 0. The Labute approximate surface area is 96.2 Å². The molecule has 0 unspecified atom stereocenters. The van der Waals surface area contributed by atoms with Crippen molar-refractivity contribution in [2.45, 2.75) is 0 Å². The van der Waals surface area contributed by atoms with E-state index in [1.54, 1.807) is 12.1 Å². The summed E-state index contributed by atoms with van der Waals surface area (Å²) in [5, 5.41) is 11.4. The van der Waals surface area contributed by atoms with Crippen LogP contribution in [0.3, 0.4) is 0 Å². The lowest BCUT2D eigenvalue weighted by molar-refractivity contribution is -0.383. The minimum Gasteiger partial charge on any atom is -0.282 e. The largest absolute Gasteiger partial charge is 0.282 e. The summed E-state index contributed by atoms with van der Waals surface area (Å²) in [6, 6.07) is 6.85. The van der Waals surface area contributed by atoms with Crippen LogP contribution in [0.5, 0.6) is 0 Å². The summed E-state index contributed by atoms with van der Waals surface area (Å²) in [4.78, 5) is 10.3. The van der Waals surface area contributed by atoms with Crippen LogP contribution in [-0.4, -0.2) is 8.90 Å². The molecule has 0 amide bonds. The molecule has 0 saturated carbocycles. The number of nitrogens with zero attached hydrogens (tertiary/aromatic N) is 2. The van der Waals surface area contributed by atoms with Gasteiger partial charge in [0.1, 0.15) is 0 Å². The van der Waals surface area contributed by atoms with Crippen molar-refractivity contribution in [1.29, 1.82) is 0 Å². The van der Waals surface area contributed by atoms with Gasteiger partial charge in [0.15, 0.2) is 0 Å². The Balaban J connectivity index is 2.76. The summed E-state index contributed by atoms with van der Waals surface area (Å²) < 4.78 is 1.89. The lowest BCUT2D eigenvalue weighted by Crippen LogP contribution is -1.88. The molecule has 4 nitrogen and oxygen atoms in total. The zero-order valence-electron chi connectivity index (χ0n) is 6.88. The minimum atomic E-state index is -0.357. The zero-order chi connectivity index (χ0) is 10.1. The van der Waals surface area contributed by atoms with Gasteiger partial charge in [-0.1, -0.05) is 6.07 Å². The number of fused-ring (bicyclic) bond motifs is 1. The van der Waals surface area contributed by atoms with Gasteiger partial charge in [-0.15, -0.1) is 0 Å². The van der Waals surface area contributed by atoms with E-state index < -0.39 is 0 Å². The van der Waals surface area contributed by atoms with Gasteiger partial charge in [0.05, 0.1) is 15.8 Å². The summed E-state index contributed by atoms with van der Waals surface area (Å²) in [6.45, 7) is 0. The van der Waals surface area contributed by atoms with E-state index in [0.717, 1.165) is 5.52 Å². The smallest absolute Gasteiger partial charge is 0.278 e. The maximum atomic E-state index is 10.7. The molecule has 2 rings (SSSR count). The highest BCUT2D eigenvalue weighted by Crippen LogP contribution is 2.30. The molecule has 0 spiro atoms. The Morgan fingerprint density at radius 3 is 2.86 bits per heavy atom. The Hall–Kier alpha value is -0.760. The molecular weight excluding hydrogens is 315 g/mol. The number of halogens is 1. The predicted octanol–water partition coefficient (Wildman–Crippen LogP) is 3.40. The highest BCUT2D eigenvalue weighted by molar-refractivity contribution is 14.2. The van der Waals surface area contributed by atoms with Crippen LogP contribution in [0.15, 0.2) is 30.5 Å². The maximum absolute atomic E-state index is 10.7. The maximum Gasteiger partial charge on any atom is 0.278 e. The molecule has 6 heteroatoms. The molecule has 2 aromatic rings. The van der Waals surface area contributed by atoms with Crippen LogP contribution < -0.4 is 0 Å².